The molecule has 0 spiro atoms. The van der Waals surface area contributed by atoms with E-state index in [0.29, 0.717) is 10.7 Å². The van der Waals surface area contributed by atoms with Gasteiger partial charge in [0.15, 0.2) is 0 Å². The number of aromatic nitrogens is 1. The highest BCUT2D eigenvalue weighted by Crippen LogP contribution is 2.26. The highest BCUT2D eigenvalue weighted by atomic mass is 32.1. The Labute approximate surface area is 113 Å². The molecule has 1 aliphatic rings. The monoisotopic (exact) mass is 265 g/mol. The molecule has 4 nitrogen and oxygen atoms in total. The summed E-state index contributed by atoms with van der Waals surface area (Å²) in [5, 5.41) is 10.0. The van der Waals surface area contributed by atoms with Gasteiger partial charge in [0.2, 0.25) is 0 Å². The molecule has 0 amide bonds. The third kappa shape index (κ3) is 2.79. The Morgan fingerprint density at radius 2 is 2.17 bits per heavy atom. The third-order valence-corrected chi connectivity index (χ3v) is 3.81. The van der Waals surface area contributed by atoms with E-state index in [2.05, 4.69) is 9.88 Å². The Hall–Kier alpha value is -1.20. The number of aliphatic hydroxyl groups excluding tert-OH is 1. The molecule has 18 heavy (non-hydrogen) atoms. The zero-order chi connectivity index (χ0) is 13.1. The van der Waals surface area contributed by atoms with Crippen LogP contribution in [0.5, 0.6) is 0 Å². The second kappa shape index (κ2) is 5.63. The quantitative estimate of drug-likeness (QED) is 0.810. The fraction of sp³-hybridized carbons (Fsp3) is 0.538. The van der Waals surface area contributed by atoms with Crippen molar-refractivity contribution in [3.05, 3.63) is 24.0 Å². The minimum Gasteiger partial charge on any atom is -0.391 e. The number of hydrogen-bond acceptors (Lipinski definition) is 4. The van der Waals surface area contributed by atoms with Crippen LogP contribution >= 0.6 is 12.2 Å². The van der Waals surface area contributed by atoms with Gasteiger partial charge in [-0.1, -0.05) is 25.1 Å². The zero-order valence-corrected chi connectivity index (χ0v) is 11.4. The van der Waals surface area contributed by atoms with Gasteiger partial charge in [0.1, 0.15) is 4.99 Å². The summed E-state index contributed by atoms with van der Waals surface area (Å²) < 4.78 is 0. The third-order valence-electron chi connectivity index (χ3n) is 3.60. The molecule has 1 saturated carbocycles. The predicted octanol–water partition coefficient (Wildman–Crippen LogP) is 1.46. The maximum Gasteiger partial charge on any atom is 0.122 e. The number of rotatable bonds is 3. The number of nitrogens with zero attached hydrogens (tertiary/aromatic N) is 2. The van der Waals surface area contributed by atoms with Crippen molar-refractivity contribution < 1.29 is 5.11 Å². The Balaban J connectivity index is 2.12. The predicted molar refractivity (Wildman–Crippen MR) is 76.8 cm³/mol. The first-order valence-corrected chi connectivity index (χ1v) is 6.67. The van der Waals surface area contributed by atoms with E-state index in [1.54, 1.807) is 6.20 Å². The van der Waals surface area contributed by atoms with E-state index < -0.39 is 0 Å². The summed E-state index contributed by atoms with van der Waals surface area (Å²) in [4.78, 5) is 6.63. The number of likely N-dealkylation sites (N-methyl/N-ethyl adjacent to an activating group) is 1. The summed E-state index contributed by atoms with van der Waals surface area (Å²) in [5.74, 6) is 0. The molecule has 2 atom stereocenters. The van der Waals surface area contributed by atoms with Gasteiger partial charge in [0.05, 0.1) is 29.7 Å². The van der Waals surface area contributed by atoms with Gasteiger partial charge in [0, 0.05) is 7.05 Å². The van der Waals surface area contributed by atoms with Gasteiger partial charge in [-0.15, -0.1) is 0 Å². The topological polar surface area (TPSA) is 62.4 Å². The van der Waals surface area contributed by atoms with Gasteiger partial charge in [-0.2, -0.15) is 0 Å². The number of anilines is 1. The first-order chi connectivity index (χ1) is 8.59. The molecule has 1 fully saturated rings. The molecule has 0 radical (unpaired) electrons. The van der Waals surface area contributed by atoms with E-state index in [-0.39, 0.29) is 12.1 Å². The lowest BCUT2D eigenvalue weighted by Crippen LogP contribution is -2.43. The number of hydrogen-bond donors (Lipinski definition) is 2. The minimum atomic E-state index is -0.251. The highest BCUT2D eigenvalue weighted by Gasteiger charge is 2.26. The largest absolute Gasteiger partial charge is 0.391 e. The van der Waals surface area contributed by atoms with Gasteiger partial charge in [-0.05, 0) is 25.0 Å². The van der Waals surface area contributed by atoms with Gasteiger partial charge in [-0.3, -0.25) is 4.98 Å². The van der Waals surface area contributed by atoms with Gasteiger partial charge >= 0.3 is 0 Å². The van der Waals surface area contributed by atoms with Crippen LogP contribution in [-0.2, 0) is 0 Å². The van der Waals surface area contributed by atoms with Crippen LogP contribution in [0.4, 0.5) is 5.69 Å². The van der Waals surface area contributed by atoms with E-state index in [9.17, 15) is 5.11 Å². The average molecular weight is 265 g/mol. The van der Waals surface area contributed by atoms with Crippen molar-refractivity contribution in [1.29, 1.82) is 0 Å². The molecule has 98 valence electrons. The van der Waals surface area contributed by atoms with Crippen molar-refractivity contribution in [3.63, 3.8) is 0 Å². The fourth-order valence-corrected chi connectivity index (χ4v) is 2.60. The van der Waals surface area contributed by atoms with Crippen LogP contribution < -0.4 is 10.6 Å². The highest BCUT2D eigenvalue weighted by molar-refractivity contribution is 7.80. The lowest BCUT2D eigenvalue weighted by atomic mass is 9.91. The van der Waals surface area contributed by atoms with Crippen LogP contribution in [0.3, 0.4) is 0 Å². The summed E-state index contributed by atoms with van der Waals surface area (Å²) in [6.45, 7) is 0. The molecule has 0 bridgehead atoms. The van der Waals surface area contributed by atoms with Crippen LogP contribution in [-0.4, -0.2) is 34.3 Å². The first kappa shape index (κ1) is 13.2. The van der Waals surface area contributed by atoms with Crippen molar-refractivity contribution in [2.45, 2.75) is 37.8 Å². The molecule has 0 aliphatic heterocycles. The van der Waals surface area contributed by atoms with Crippen molar-refractivity contribution in [2.75, 3.05) is 11.9 Å². The van der Waals surface area contributed by atoms with Crippen LogP contribution in [0.2, 0.25) is 0 Å². The molecule has 1 heterocycles. The number of nitrogens with two attached hydrogens (primary N) is 1. The van der Waals surface area contributed by atoms with Crippen molar-refractivity contribution in [2.24, 2.45) is 5.73 Å². The summed E-state index contributed by atoms with van der Waals surface area (Å²) in [6, 6.07) is 3.95. The SMILES string of the molecule is CN(c1ccc(C(N)=S)nc1)C1CCCCC1O. The normalized spacial score (nSPS) is 23.7. The molecule has 2 unspecified atom stereocenters. The smallest absolute Gasteiger partial charge is 0.122 e. The second-order valence-corrected chi connectivity index (χ2v) is 5.24. The maximum absolute atomic E-state index is 10.0. The molecular formula is C13H19N3OS. The number of pyridine rings is 1. The van der Waals surface area contributed by atoms with E-state index in [0.717, 1.165) is 24.9 Å². The summed E-state index contributed by atoms with van der Waals surface area (Å²) >= 11 is 4.88. The molecule has 1 aromatic heterocycles. The van der Waals surface area contributed by atoms with Crippen LogP contribution in [0, 0.1) is 0 Å². The van der Waals surface area contributed by atoms with Crippen LogP contribution in [0.25, 0.3) is 0 Å². The molecule has 5 heteroatoms. The lowest BCUT2D eigenvalue weighted by molar-refractivity contribution is 0.106. The van der Waals surface area contributed by atoms with Gasteiger partial charge in [0.25, 0.3) is 0 Å². The molecule has 2 rings (SSSR count). The second-order valence-electron chi connectivity index (χ2n) is 4.80. The molecule has 0 saturated heterocycles. The summed E-state index contributed by atoms with van der Waals surface area (Å²) in [7, 11) is 2.00. The number of thiocarbonyl (C=S) groups is 1. The Morgan fingerprint density at radius 1 is 1.44 bits per heavy atom. The van der Waals surface area contributed by atoms with E-state index in [4.69, 9.17) is 18.0 Å². The average Bonchev–Trinajstić information content (AvgIpc) is 2.38. The Kier molecular flexibility index (Phi) is 4.14. The van der Waals surface area contributed by atoms with Crippen LogP contribution in [0.15, 0.2) is 18.3 Å². The number of aliphatic hydroxyl groups is 1. The molecule has 0 aromatic carbocycles. The lowest BCUT2D eigenvalue weighted by Gasteiger charge is -2.36. The van der Waals surface area contributed by atoms with Crippen molar-refractivity contribution in [1.82, 2.24) is 4.98 Å². The molecule has 1 aliphatic carbocycles. The maximum atomic E-state index is 10.0. The molecule has 3 N–H and O–H groups in total. The van der Waals surface area contributed by atoms with E-state index in [1.807, 2.05) is 19.2 Å². The first-order valence-electron chi connectivity index (χ1n) is 6.26. The van der Waals surface area contributed by atoms with Crippen LogP contribution in [0.1, 0.15) is 31.4 Å². The zero-order valence-electron chi connectivity index (χ0n) is 10.5. The summed E-state index contributed by atoms with van der Waals surface area (Å²) in [6.07, 6.45) is 5.70. The van der Waals surface area contributed by atoms with Gasteiger partial charge in [-0.25, -0.2) is 0 Å². The fourth-order valence-electron chi connectivity index (χ4n) is 2.48. The minimum absolute atomic E-state index is 0.177. The standard InChI is InChI=1S/C13H19N3OS/c1-16(11-4-2-3-5-12(11)17)9-6-7-10(13(14)18)15-8-9/h6-8,11-12,17H,2-5H2,1H3,(H2,14,18). The Morgan fingerprint density at radius 3 is 2.72 bits per heavy atom. The summed E-state index contributed by atoms with van der Waals surface area (Å²) in [5.41, 5.74) is 7.14. The van der Waals surface area contributed by atoms with E-state index >= 15 is 0 Å². The van der Waals surface area contributed by atoms with Crippen molar-refractivity contribution in [3.8, 4) is 0 Å². The molecular weight excluding hydrogens is 246 g/mol. The van der Waals surface area contributed by atoms with Gasteiger partial charge < -0.3 is 15.7 Å². The van der Waals surface area contributed by atoms with Crippen molar-refractivity contribution >= 4 is 22.9 Å². The van der Waals surface area contributed by atoms with E-state index in [1.165, 1.54) is 6.42 Å². The Bertz CT molecular complexity index is 421. The molecule has 1 aromatic rings.